The number of urea groups is 1. The Bertz CT molecular complexity index is 500. The van der Waals surface area contributed by atoms with Gasteiger partial charge in [-0.25, -0.2) is 4.79 Å². The number of aliphatic carboxylic acids is 1. The molecular formula is C13H19N3O4. The van der Waals surface area contributed by atoms with Crippen molar-refractivity contribution in [3.05, 3.63) is 17.0 Å². The number of amides is 2. The van der Waals surface area contributed by atoms with E-state index < -0.39 is 11.5 Å². The maximum atomic E-state index is 11.9. The van der Waals surface area contributed by atoms with Gasteiger partial charge in [-0.1, -0.05) is 5.16 Å². The molecule has 1 fully saturated rings. The molecule has 1 aliphatic carbocycles. The number of nitrogens with zero attached hydrogens (tertiary/aromatic N) is 1. The number of aromatic nitrogens is 1. The SMILES string of the molecule is Cc1noc(C)c1CNC(=O)NC1(CC(=O)O)CCC1. The zero-order valence-corrected chi connectivity index (χ0v) is 11.7. The van der Waals surface area contributed by atoms with Gasteiger partial charge in [0, 0.05) is 12.1 Å². The van der Waals surface area contributed by atoms with E-state index >= 15 is 0 Å². The second-order valence-electron chi connectivity index (χ2n) is 5.31. The molecule has 0 aromatic carbocycles. The lowest BCUT2D eigenvalue weighted by Crippen LogP contribution is -2.57. The molecule has 20 heavy (non-hydrogen) atoms. The van der Waals surface area contributed by atoms with Crippen LogP contribution in [-0.4, -0.2) is 27.8 Å². The van der Waals surface area contributed by atoms with E-state index in [0.29, 0.717) is 25.1 Å². The molecule has 1 aromatic rings. The van der Waals surface area contributed by atoms with Crippen LogP contribution in [0.1, 0.15) is 42.7 Å². The summed E-state index contributed by atoms with van der Waals surface area (Å²) in [7, 11) is 0. The van der Waals surface area contributed by atoms with Crippen LogP contribution in [0.3, 0.4) is 0 Å². The summed E-state index contributed by atoms with van der Waals surface area (Å²) in [5.41, 5.74) is 1.00. The molecule has 0 radical (unpaired) electrons. The minimum absolute atomic E-state index is 0.0360. The quantitative estimate of drug-likeness (QED) is 0.758. The van der Waals surface area contributed by atoms with Crippen molar-refractivity contribution in [1.29, 1.82) is 0 Å². The molecule has 2 amide bonds. The van der Waals surface area contributed by atoms with Crippen LogP contribution < -0.4 is 10.6 Å². The van der Waals surface area contributed by atoms with Gasteiger partial charge >= 0.3 is 12.0 Å². The minimum atomic E-state index is -0.893. The first kappa shape index (κ1) is 14.4. The van der Waals surface area contributed by atoms with Gasteiger partial charge in [-0.05, 0) is 33.1 Å². The van der Waals surface area contributed by atoms with E-state index in [9.17, 15) is 9.59 Å². The van der Waals surface area contributed by atoms with Crippen molar-refractivity contribution in [1.82, 2.24) is 15.8 Å². The second kappa shape index (κ2) is 5.52. The molecule has 0 bridgehead atoms. The van der Waals surface area contributed by atoms with Crippen LogP contribution in [-0.2, 0) is 11.3 Å². The third-order valence-corrected chi connectivity index (χ3v) is 3.79. The van der Waals surface area contributed by atoms with Gasteiger partial charge in [-0.15, -0.1) is 0 Å². The predicted octanol–water partition coefficient (Wildman–Crippen LogP) is 1.49. The standard InChI is InChI=1S/C13H19N3O4/c1-8-10(9(2)20-16-8)7-14-12(19)15-13(4-3-5-13)6-11(17)18/h3-7H2,1-2H3,(H,17,18)(H2,14,15,19). The Morgan fingerprint density at radius 1 is 1.40 bits per heavy atom. The molecule has 0 aliphatic heterocycles. The molecule has 0 atom stereocenters. The van der Waals surface area contributed by atoms with Gasteiger partial charge in [0.25, 0.3) is 0 Å². The maximum absolute atomic E-state index is 11.9. The fraction of sp³-hybridized carbons (Fsp3) is 0.615. The van der Waals surface area contributed by atoms with Gasteiger partial charge in [-0.2, -0.15) is 0 Å². The van der Waals surface area contributed by atoms with Crippen LogP contribution in [0, 0.1) is 13.8 Å². The maximum Gasteiger partial charge on any atom is 0.315 e. The summed E-state index contributed by atoms with van der Waals surface area (Å²) >= 11 is 0. The average molecular weight is 281 g/mol. The van der Waals surface area contributed by atoms with Crippen LogP contribution in [0.4, 0.5) is 4.79 Å². The highest BCUT2D eigenvalue weighted by Gasteiger charge is 2.40. The van der Waals surface area contributed by atoms with E-state index in [1.54, 1.807) is 6.92 Å². The fourth-order valence-corrected chi connectivity index (χ4v) is 2.45. The number of carbonyl (C=O) groups excluding carboxylic acids is 1. The van der Waals surface area contributed by atoms with Crippen molar-refractivity contribution in [2.75, 3.05) is 0 Å². The average Bonchev–Trinajstić information content (AvgIpc) is 2.63. The highest BCUT2D eigenvalue weighted by Crippen LogP contribution is 2.34. The van der Waals surface area contributed by atoms with Gasteiger partial charge in [0.15, 0.2) is 0 Å². The molecule has 1 saturated carbocycles. The lowest BCUT2D eigenvalue weighted by Gasteiger charge is -2.41. The summed E-state index contributed by atoms with van der Waals surface area (Å²) in [6.45, 7) is 3.91. The van der Waals surface area contributed by atoms with Gasteiger partial charge in [0.1, 0.15) is 5.76 Å². The lowest BCUT2D eigenvalue weighted by atomic mass is 9.74. The first-order chi connectivity index (χ1) is 9.42. The van der Waals surface area contributed by atoms with Gasteiger partial charge in [-0.3, -0.25) is 4.79 Å². The van der Waals surface area contributed by atoms with Crippen molar-refractivity contribution in [3.63, 3.8) is 0 Å². The number of rotatable bonds is 5. The minimum Gasteiger partial charge on any atom is -0.481 e. The van der Waals surface area contributed by atoms with Crippen molar-refractivity contribution in [2.24, 2.45) is 0 Å². The molecule has 0 spiro atoms. The Morgan fingerprint density at radius 2 is 2.10 bits per heavy atom. The van der Waals surface area contributed by atoms with E-state index in [1.165, 1.54) is 0 Å². The predicted molar refractivity (Wildman–Crippen MR) is 70.2 cm³/mol. The molecule has 1 aliphatic rings. The third kappa shape index (κ3) is 3.09. The second-order valence-corrected chi connectivity index (χ2v) is 5.31. The van der Waals surface area contributed by atoms with Crippen LogP contribution in [0.25, 0.3) is 0 Å². The third-order valence-electron chi connectivity index (χ3n) is 3.79. The first-order valence-electron chi connectivity index (χ1n) is 6.61. The van der Waals surface area contributed by atoms with E-state index in [0.717, 1.165) is 17.7 Å². The van der Waals surface area contributed by atoms with Crippen LogP contribution in [0.5, 0.6) is 0 Å². The Morgan fingerprint density at radius 3 is 2.55 bits per heavy atom. The molecule has 3 N–H and O–H groups in total. The smallest absolute Gasteiger partial charge is 0.315 e. The Balaban J connectivity index is 1.88. The molecule has 7 nitrogen and oxygen atoms in total. The molecule has 1 aromatic heterocycles. The molecule has 110 valence electrons. The molecular weight excluding hydrogens is 262 g/mol. The normalized spacial score (nSPS) is 16.3. The van der Waals surface area contributed by atoms with E-state index in [2.05, 4.69) is 15.8 Å². The van der Waals surface area contributed by atoms with Crippen LogP contribution >= 0.6 is 0 Å². The van der Waals surface area contributed by atoms with Crippen LogP contribution in [0.15, 0.2) is 4.52 Å². The highest BCUT2D eigenvalue weighted by atomic mass is 16.5. The number of hydrogen-bond acceptors (Lipinski definition) is 4. The zero-order chi connectivity index (χ0) is 14.8. The monoisotopic (exact) mass is 281 g/mol. The summed E-state index contributed by atoms with van der Waals surface area (Å²) in [5, 5.41) is 18.2. The lowest BCUT2D eigenvalue weighted by molar-refractivity contribution is -0.139. The largest absolute Gasteiger partial charge is 0.481 e. The van der Waals surface area contributed by atoms with Crippen molar-refractivity contribution in [2.45, 2.75) is 51.6 Å². The summed E-state index contributed by atoms with van der Waals surface area (Å²) < 4.78 is 5.01. The van der Waals surface area contributed by atoms with Gasteiger partial charge < -0.3 is 20.3 Å². The molecule has 0 unspecified atom stereocenters. The number of hydrogen-bond donors (Lipinski definition) is 3. The Labute approximate surface area is 116 Å². The Kier molecular flexibility index (Phi) is 3.96. The summed E-state index contributed by atoms with van der Waals surface area (Å²) in [6, 6.07) is -0.356. The number of carboxylic acids is 1. The molecule has 1 heterocycles. The Hall–Kier alpha value is -2.05. The summed E-state index contributed by atoms with van der Waals surface area (Å²) in [5.74, 6) is -0.220. The number of aryl methyl sites for hydroxylation is 2. The number of nitrogens with one attached hydrogen (secondary N) is 2. The summed E-state index contributed by atoms with van der Waals surface area (Å²) in [6.07, 6.45) is 2.32. The van der Waals surface area contributed by atoms with E-state index in [1.807, 2.05) is 6.92 Å². The molecule has 7 heteroatoms. The van der Waals surface area contributed by atoms with Crippen LogP contribution in [0.2, 0.25) is 0 Å². The zero-order valence-electron chi connectivity index (χ0n) is 11.7. The van der Waals surface area contributed by atoms with Crippen molar-refractivity contribution in [3.8, 4) is 0 Å². The van der Waals surface area contributed by atoms with Gasteiger partial charge in [0.2, 0.25) is 0 Å². The number of carboxylic acid groups (broad SMARTS) is 1. The molecule has 0 saturated heterocycles. The summed E-state index contributed by atoms with van der Waals surface area (Å²) in [4.78, 5) is 22.7. The topological polar surface area (TPSA) is 104 Å². The van der Waals surface area contributed by atoms with E-state index in [-0.39, 0.29) is 12.5 Å². The highest BCUT2D eigenvalue weighted by molar-refractivity contribution is 5.77. The fourth-order valence-electron chi connectivity index (χ4n) is 2.45. The first-order valence-corrected chi connectivity index (χ1v) is 6.61. The molecule has 2 rings (SSSR count). The van der Waals surface area contributed by atoms with Crippen molar-refractivity contribution < 1.29 is 19.2 Å². The number of carbonyl (C=O) groups is 2. The van der Waals surface area contributed by atoms with Gasteiger partial charge in [0.05, 0.1) is 17.7 Å². The van der Waals surface area contributed by atoms with E-state index in [4.69, 9.17) is 9.63 Å². The van der Waals surface area contributed by atoms with Crippen molar-refractivity contribution >= 4 is 12.0 Å².